The summed E-state index contributed by atoms with van der Waals surface area (Å²) in [5.41, 5.74) is 0.0193. The molecular formula is C33H48O19. The van der Waals surface area contributed by atoms with E-state index in [1.165, 1.54) is 12.2 Å². The first-order chi connectivity index (χ1) is 24.8. The number of fused-ring (bicyclic) bond motifs is 1. The summed E-state index contributed by atoms with van der Waals surface area (Å²) in [6, 6.07) is 0. The van der Waals surface area contributed by atoms with Gasteiger partial charge in [0.25, 0.3) is 0 Å². The van der Waals surface area contributed by atoms with Gasteiger partial charge in [0, 0.05) is 30.3 Å². The molecule has 0 aromatic carbocycles. The highest BCUT2D eigenvalue weighted by Gasteiger charge is 2.54. The number of carbonyl (C=O) groups is 2. The number of rotatable bonds is 12. The predicted octanol–water partition coefficient (Wildman–Crippen LogP) is -3.74. The fourth-order valence-electron chi connectivity index (χ4n) is 7.46. The highest BCUT2D eigenvalue weighted by Crippen LogP contribution is 2.48. The Morgan fingerprint density at radius 1 is 0.846 bits per heavy atom. The maximum absolute atomic E-state index is 13.8. The second-order valence-corrected chi connectivity index (χ2v) is 13.5. The van der Waals surface area contributed by atoms with E-state index in [2.05, 4.69) is 6.58 Å². The van der Waals surface area contributed by atoms with Crippen molar-refractivity contribution in [2.75, 3.05) is 26.9 Å². The average molecular weight is 749 g/mol. The molecular weight excluding hydrogens is 700 g/mol. The minimum Gasteiger partial charge on any atom is -0.471 e. The molecule has 0 spiro atoms. The molecule has 18 atom stereocenters. The molecule has 294 valence electrons. The number of methoxy groups -OCH3 is 1. The summed E-state index contributed by atoms with van der Waals surface area (Å²) >= 11 is 0. The van der Waals surface area contributed by atoms with Gasteiger partial charge >= 0.3 is 11.9 Å². The summed E-state index contributed by atoms with van der Waals surface area (Å²) in [6.45, 7) is 3.81. The third kappa shape index (κ3) is 7.88. The van der Waals surface area contributed by atoms with Crippen LogP contribution in [0.4, 0.5) is 0 Å². The fourth-order valence-corrected chi connectivity index (χ4v) is 7.46. The highest BCUT2D eigenvalue weighted by atomic mass is 16.8. The molecule has 3 fully saturated rings. The van der Waals surface area contributed by atoms with Crippen LogP contribution in [0.3, 0.4) is 0 Å². The molecule has 0 unspecified atom stereocenters. The molecule has 2 saturated heterocycles. The van der Waals surface area contributed by atoms with Crippen molar-refractivity contribution >= 4 is 11.9 Å². The third-order valence-corrected chi connectivity index (χ3v) is 10.4. The Kier molecular flexibility index (Phi) is 13.3. The summed E-state index contributed by atoms with van der Waals surface area (Å²) in [5.74, 6) is -5.09. The van der Waals surface area contributed by atoms with Crippen LogP contribution in [0.2, 0.25) is 0 Å². The average Bonchev–Trinajstić information content (AvgIpc) is 3.45. The van der Waals surface area contributed by atoms with Crippen LogP contribution in [0.5, 0.6) is 0 Å². The van der Waals surface area contributed by atoms with Crippen LogP contribution < -0.4 is 0 Å². The van der Waals surface area contributed by atoms with E-state index in [9.17, 15) is 55.5 Å². The maximum Gasteiger partial charge on any atom is 0.373 e. The Hall–Kier alpha value is -2.76. The van der Waals surface area contributed by atoms with E-state index in [1.807, 2.05) is 0 Å². The number of aliphatic hydroxyl groups is 9. The van der Waals surface area contributed by atoms with Crippen molar-refractivity contribution in [3.63, 3.8) is 0 Å². The first-order valence-corrected chi connectivity index (χ1v) is 17.0. The number of hydrogen-bond donors (Lipinski definition) is 9. The molecule has 0 aromatic heterocycles. The van der Waals surface area contributed by atoms with E-state index < -0.39 is 135 Å². The summed E-state index contributed by atoms with van der Waals surface area (Å²) in [6.07, 6.45) is -15.0. The Labute approximate surface area is 298 Å². The number of hydrogen-bond acceptors (Lipinski definition) is 19. The standard InChI is InChI=1S/C33H48O19/c1-4-14-15(5-6-34)16(11-46-30(14)51-32-26(41)24(39)22(37)19(9-35)49-32)28(43)47-17-7-13-8-18(29(44)45-3)48-31(21(13)12(17)2)52-33-27(42)25(40)23(38)20(10-36)50-33/h4,8,11-15,17,19-27,30-42H,1,5-7,9-10H2,2-3H3/t12-,13+,14+,15-,17+,19+,20+,21+,22+,23+,24-,25-,26+,27+,30-,31-,32-,33-/m0/s1. The summed E-state index contributed by atoms with van der Waals surface area (Å²) < 4.78 is 45.0. The number of ether oxygens (including phenoxy) is 8. The van der Waals surface area contributed by atoms with E-state index in [4.69, 9.17) is 37.9 Å². The van der Waals surface area contributed by atoms with Gasteiger partial charge in [-0.2, -0.15) is 0 Å². The lowest BCUT2D eigenvalue weighted by molar-refractivity contribution is -0.344. The molecule has 19 heteroatoms. The summed E-state index contributed by atoms with van der Waals surface area (Å²) in [5, 5.41) is 90.9. The fraction of sp³-hybridized carbons (Fsp3) is 0.758. The van der Waals surface area contributed by atoms with Gasteiger partial charge in [0.05, 0.1) is 32.2 Å². The van der Waals surface area contributed by atoms with Gasteiger partial charge < -0.3 is 83.9 Å². The maximum atomic E-state index is 13.8. The first kappa shape index (κ1) is 40.4. The monoisotopic (exact) mass is 748 g/mol. The Morgan fingerprint density at radius 2 is 1.42 bits per heavy atom. The summed E-state index contributed by atoms with van der Waals surface area (Å²) in [4.78, 5) is 26.3. The van der Waals surface area contributed by atoms with Crippen molar-refractivity contribution in [2.45, 2.75) is 99.9 Å². The van der Waals surface area contributed by atoms with Crippen molar-refractivity contribution in [3.05, 3.63) is 36.3 Å². The molecule has 0 amide bonds. The van der Waals surface area contributed by atoms with Crippen LogP contribution in [0.1, 0.15) is 19.8 Å². The van der Waals surface area contributed by atoms with Gasteiger partial charge in [0.1, 0.15) is 54.9 Å². The van der Waals surface area contributed by atoms with Crippen LogP contribution in [-0.4, -0.2) is 165 Å². The van der Waals surface area contributed by atoms with Crippen LogP contribution in [0, 0.1) is 29.6 Å². The van der Waals surface area contributed by atoms with Gasteiger partial charge in [-0.25, -0.2) is 9.59 Å². The van der Waals surface area contributed by atoms with E-state index in [-0.39, 0.29) is 30.8 Å². The largest absolute Gasteiger partial charge is 0.471 e. The lowest BCUT2D eigenvalue weighted by Gasteiger charge is -2.43. The van der Waals surface area contributed by atoms with Gasteiger partial charge in [0.2, 0.25) is 18.3 Å². The second kappa shape index (κ2) is 17.1. The molecule has 4 aliphatic heterocycles. The van der Waals surface area contributed by atoms with Crippen molar-refractivity contribution in [1.29, 1.82) is 0 Å². The van der Waals surface area contributed by atoms with Gasteiger partial charge in [-0.1, -0.05) is 13.0 Å². The normalized spacial score (nSPS) is 44.7. The van der Waals surface area contributed by atoms with E-state index in [0.717, 1.165) is 13.4 Å². The van der Waals surface area contributed by atoms with Crippen LogP contribution >= 0.6 is 0 Å². The third-order valence-electron chi connectivity index (χ3n) is 10.4. The lowest BCUT2D eigenvalue weighted by atomic mass is 9.81. The van der Waals surface area contributed by atoms with Crippen LogP contribution in [0.25, 0.3) is 0 Å². The van der Waals surface area contributed by atoms with Crippen LogP contribution in [-0.2, 0) is 47.5 Å². The minimum absolute atomic E-state index is 0.0193. The smallest absolute Gasteiger partial charge is 0.373 e. The zero-order valence-corrected chi connectivity index (χ0v) is 28.5. The second-order valence-electron chi connectivity index (χ2n) is 13.5. The molecule has 1 aliphatic carbocycles. The Morgan fingerprint density at radius 3 is 1.94 bits per heavy atom. The van der Waals surface area contributed by atoms with E-state index in [1.54, 1.807) is 6.92 Å². The van der Waals surface area contributed by atoms with E-state index in [0.29, 0.717) is 0 Å². The minimum atomic E-state index is -1.76. The SMILES string of the molecule is C=C[C@H]1[C@H](O[C@@H]2O[C@H](CO)[C@@H](O)[C@H](O)[C@H]2O)OC=C(C(=O)O[C@@H]2C[C@@H]3C=C(C(=O)OC)O[C@@H](O[C@@H]4O[C@H](CO)[C@@H](O)[C@H](O)[C@H]4O)[C@@H]3[C@H]2C)[C@H]1CCO. The molecule has 5 rings (SSSR count). The Balaban J connectivity index is 1.33. The molecule has 52 heavy (non-hydrogen) atoms. The summed E-state index contributed by atoms with van der Waals surface area (Å²) in [7, 11) is 1.15. The van der Waals surface area contributed by atoms with Crippen molar-refractivity contribution in [1.82, 2.24) is 0 Å². The highest BCUT2D eigenvalue weighted by molar-refractivity contribution is 5.89. The van der Waals surface area contributed by atoms with Crippen molar-refractivity contribution in [2.24, 2.45) is 29.6 Å². The van der Waals surface area contributed by atoms with Crippen LogP contribution in [0.15, 0.2) is 36.3 Å². The zero-order valence-electron chi connectivity index (χ0n) is 28.5. The molecule has 0 bridgehead atoms. The quantitative estimate of drug-likeness (QED) is 0.0684. The van der Waals surface area contributed by atoms with Gasteiger partial charge in [-0.3, -0.25) is 0 Å². The topological polar surface area (TPSA) is 290 Å². The molecule has 1 saturated carbocycles. The number of allylic oxidation sites excluding steroid dienone is 1. The zero-order chi connectivity index (χ0) is 38.0. The number of esters is 2. The molecule has 19 nitrogen and oxygen atoms in total. The molecule has 0 aromatic rings. The van der Waals surface area contributed by atoms with Crippen molar-refractivity contribution < 1.29 is 93.4 Å². The molecule has 9 N–H and O–H groups in total. The Bertz CT molecular complexity index is 1320. The van der Waals surface area contributed by atoms with Gasteiger partial charge in [-0.15, -0.1) is 6.58 Å². The predicted molar refractivity (Wildman–Crippen MR) is 167 cm³/mol. The number of aliphatic hydroxyl groups excluding tert-OH is 9. The molecule has 0 radical (unpaired) electrons. The van der Waals surface area contributed by atoms with Gasteiger partial charge in [-0.05, 0) is 24.8 Å². The molecule has 5 aliphatic rings. The van der Waals surface area contributed by atoms with Gasteiger partial charge in [0.15, 0.2) is 12.6 Å². The first-order valence-electron chi connectivity index (χ1n) is 17.0. The molecule has 4 heterocycles. The number of carbonyl (C=O) groups excluding carboxylic acids is 2. The van der Waals surface area contributed by atoms with E-state index >= 15 is 0 Å². The lowest BCUT2D eigenvalue weighted by Crippen LogP contribution is -2.60. The van der Waals surface area contributed by atoms with Crippen molar-refractivity contribution in [3.8, 4) is 0 Å².